The molecular formula is C21H22N2S. The summed E-state index contributed by atoms with van der Waals surface area (Å²) in [5, 5.41) is 7.59. The van der Waals surface area contributed by atoms with Crippen molar-refractivity contribution in [3.8, 4) is 0 Å². The van der Waals surface area contributed by atoms with Gasteiger partial charge in [0.05, 0.1) is 6.04 Å². The monoisotopic (exact) mass is 334 g/mol. The van der Waals surface area contributed by atoms with Gasteiger partial charge in [0.1, 0.15) is 0 Å². The van der Waals surface area contributed by atoms with E-state index >= 15 is 0 Å². The smallest absolute Gasteiger partial charge is 0.171 e. The number of nitrogens with one attached hydrogen (secondary N) is 2. The summed E-state index contributed by atoms with van der Waals surface area (Å²) < 4.78 is 0. The Balaban J connectivity index is 1.77. The van der Waals surface area contributed by atoms with Crippen LogP contribution in [0.4, 0.5) is 0 Å². The molecule has 2 aliphatic rings. The highest BCUT2D eigenvalue weighted by Gasteiger charge is 2.30. The third-order valence-electron chi connectivity index (χ3n) is 5.07. The molecule has 1 aliphatic heterocycles. The van der Waals surface area contributed by atoms with Gasteiger partial charge in [0.25, 0.3) is 0 Å². The summed E-state index contributed by atoms with van der Waals surface area (Å²) in [5.74, 6) is 0.553. The maximum atomic E-state index is 5.49. The van der Waals surface area contributed by atoms with Crippen LogP contribution in [0.25, 0.3) is 5.70 Å². The van der Waals surface area contributed by atoms with Crippen LogP contribution in [-0.4, -0.2) is 5.11 Å². The lowest BCUT2D eigenvalue weighted by Gasteiger charge is -2.35. The largest absolute Gasteiger partial charge is 0.352 e. The van der Waals surface area contributed by atoms with Gasteiger partial charge in [0.2, 0.25) is 0 Å². The molecule has 4 rings (SSSR count). The van der Waals surface area contributed by atoms with Gasteiger partial charge in [-0.2, -0.15) is 0 Å². The molecule has 0 radical (unpaired) electrons. The average Bonchev–Trinajstić information content (AvgIpc) is 2.61. The Morgan fingerprint density at radius 2 is 1.75 bits per heavy atom. The fourth-order valence-electron chi connectivity index (χ4n) is 3.71. The fraction of sp³-hybridized carbons (Fsp3) is 0.286. The topological polar surface area (TPSA) is 24.1 Å². The molecule has 24 heavy (non-hydrogen) atoms. The molecule has 0 amide bonds. The molecular weight excluding hydrogens is 312 g/mol. The normalized spacial score (nSPS) is 19.5. The van der Waals surface area contributed by atoms with Gasteiger partial charge in [-0.25, -0.2) is 0 Å². The Labute approximate surface area is 149 Å². The Morgan fingerprint density at radius 1 is 1.00 bits per heavy atom. The Morgan fingerprint density at radius 3 is 2.50 bits per heavy atom. The second-order valence-electron chi connectivity index (χ2n) is 6.91. The van der Waals surface area contributed by atoms with Gasteiger partial charge in [-0.1, -0.05) is 62.4 Å². The predicted molar refractivity (Wildman–Crippen MR) is 104 cm³/mol. The van der Waals surface area contributed by atoms with Gasteiger partial charge in [-0.3, -0.25) is 0 Å². The van der Waals surface area contributed by atoms with Gasteiger partial charge in [0.15, 0.2) is 5.11 Å². The molecule has 1 atom stereocenters. The molecule has 0 bridgehead atoms. The minimum Gasteiger partial charge on any atom is -0.352 e. The average molecular weight is 334 g/mol. The van der Waals surface area contributed by atoms with Crippen LogP contribution in [0.3, 0.4) is 0 Å². The van der Waals surface area contributed by atoms with Gasteiger partial charge >= 0.3 is 0 Å². The molecule has 0 aromatic heterocycles. The summed E-state index contributed by atoms with van der Waals surface area (Å²) in [5.41, 5.74) is 7.99. The second kappa shape index (κ2) is 6.06. The highest BCUT2D eigenvalue weighted by Crippen LogP contribution is 2.38. The van der Waals surface area contributed by atoms with E-state index in [1.807, 2.05) is 0 Å². The van der Waals surface area contributed by atoms with E-state index in [1.165, 1.54) is 33.5 Å². The lowest BCUT2D eigenvalue weighted by atomic mass is 9.82. The van der Waals surface area contributed by atoms with E-state index in [9.17, 15) is 0 Å². The summed E-state index contributed by atoms with van der Waals surface area (Å²) >= 11 is 5.49. The van der Waals surface area contributed by atoms with E-state index in [0.717, 1.165) is 12.8 Å². The second-order valence-corrected chi connectivity index (χ2v) is 7.32. The van der Waals surface area contributed by atoms with Crippen LogP contribution >= 0.6 is 12.2 Å². The van der Waals surface area contributed by atoms with E-state index in [0.29, 0.717) is 11.0 Å². The molecule has 0 saturated heterocycles. The van der Waals surface area contributed by atoms with Crippen molar-refractivity contribution in [3.63, 3.8) is 0 Å². The number of thiocarbonyl (C=S) groups is 1. The summed E-state index contributed by atoms with van der Waals surface area (Å²) in [4.78, 5) is 0. The number of rotatable bonds is 2. The number of hydrogen-bond donors (Lipinski definition) is 2. The molecule has 2 aromatic carbocycles. The van der Waals surface area contributed by atoms with Crippen molar-refractivity contribution in [1.29, 1.82) is 0 Å². The number of fused-ring (bicyclic) bond motifs is 2. The van der Waals surface area contributed by atoms with Crippen LogP contribution in [-0.2, 0) is 6.42 Å². The van der Waals surface area contributed by atoms with Gasteiger partial charge in [-0.15, -0.1) is 0 Å². The van der Waals surface area contributed by atoms with Gasteiger partial charge < -0.3 is 10.6 Å². The summed E-state index contributed by atoms with van der Waals surface area (Å²) in [6.45, 7) is 4.46. The molecule has 0 spiro atoms. The van der Waals surface area contributed by atoms with E-state index in [-0.39, 0.29) is 6.04 Å². The molecule has 2 N–H and O–H groups in total. The molecule has 2 aromatic rings. The Bertz CT molecular complexity index is 818. The van der Waals surface area contributed by atoms with Crippen LogP contribution in [0.2, 0.25) is 0 Å². The Hall–Kier alpha value is -2.13. The van der Waals surface area contributed by atoms with E-state index in [1.54, 1.807) is 0 Å². The van der Waals surface area contributed by atoms with Gasteiger partial charge in [-0.05, 0) is 53.2 Å². The van der Waals surface area contributed by atoms with E-state index < -0.39 is 0 Å². The van der Waals surface area contributed by atoms with Crippen LogP contribution in [0, 0.1) is 0 Å². The van der Waals surface area contributed by atoms with Crippen molar-refractivity contribution >= 4 is 23.0 Å². The van der Waals surface area contributed by atoms with Crippen molar-refractivity contribution in [1.82, 2.24) is 10.6 Å². The maximum Gasteiger partial charge on any atom is 0.171 e. The molecule has 0 saturated carbocycles. The van der Waals surface area contributed by atoms with Crippen molar-refractivity contribution in [3.05, 3.63) is 76.4 Å². The molecule has 0 unspecified atom stereocenters. The molecule has 0 fully saturated rings. The number of benzene rings is 2. The summed E-state index contributed by atoms with van der Waals surface area (Å²) in [7, 11) is 0. The number of aryl methyl sites for hydroxylation is 1. The molecule has 2 nitrogen and oxygen atoms in total. The Kier molecular flexibility index (Phi) is 3.89. The van der Waals surface area contributed by atoms with Crippen molar-refractivity contribution in [2.24, 2.45) is 0 Å². The SMILES string of the molecule is CC(C)c1ccc([C@@H]2NC(=S)NC3=C2CCc2ccccc23)cc1. The van der Waals surface area contributed by atoms with Crippen molar-refractivity contribution in [2.75, 3.05) is 0 Å². The fourth-order valence-corrected chi connectivity index (χ4v) is 3.93. The molecule has 3 heteroatoms. The first-order valence-electron chi connectivity index (χ1n) is 8.62. The first-order chi connectivity index (χ1) is 11.6. The summed E-state index contributed by atoms with van der Waals surface area (Å²) in [6.07, 6.45) is 2.15. The predicted octanol–water partition coefficient (Wildman–Crippen LogP) is 4.69. The first kappa shape index (κ1) is 15.4. The minimum absolute atomic E-state index is 0.170. The quantitative estimate of drug-likeness (QED) is 0.779. The highest BCUT2D eigenvalue weighted by molar-refractivity contribution is 7.80. The van der Waals surface area contributed by atoms with Gasteiger partial charge in [0, 0.05) is 11.3 Å². The highest BCUT2D eigenvalue weighted by atomic mass is 32.1. The first-order valence-corrected chi connectivity index (χ1v) is 9.03. The number of hydrogen-bond acceptors (Lipinski definition) is 1. The van der Waals surface area contributed by atoms with Crippen LogP contribution < -0.4 is 10.6 Å². The van der Waals surface area contributed by atoms with E-state index in [2.05, 4.69) is 73.0 Å². The van der Waals surface area contributed by atoms with Crippen LogP contribution in [0.5, 0.6) is 0 Å². The lowest BCUT2D eigenvalue weighted by molar-refractivity contribution is 0.666. The summed E-state index contributed by atoms with van der Waals surface area (Å²) in [6, 6.07) is 17.8. The third-order valence-corrected chi connectivity index (χ3v) is 5.29. The van der Waals surface area contributed by atoms with Crippen LogP contribution in [0.15, 0.2) is 54.1 Å². The zero-order valence-electron chi connectivity index (χ0n) is 14.1. The molecule has 1 heterocycles. The molecule has 122 valence electrons. The van der Waals surface area contributed by atoms with Crippen molar-refractivity contribution < 1.29 is 0 Å². The van der Waals surface area contributed by atoms with Crippen molar-refractivity contribution in [2.45, 2.75) is 38.6 Å². The lowest BCUT2D eigenvalue weighted by Crippen LogP contribution is -2.44. The minimum atomic E-state index is 0.170. The van der Waals surface area contributed by atoms with Crippen LogP contribution in [0.1, 0.15) is 54.5 Å². The zero-order valence-corrected chi connectivity index (χ0v) is 14.9. The van der Waals surface area contributed by atoms with E-state index in [4.69, 9.17) is 12.2 Å². The zero-order chi connectivity index (χ0) is 16.7. The standard InChI is InChI=1S/C21H22N2S/c1-13(2)14-7-9-16(10-8-14)19-18-12-11-15-5-3-4-6-17(15)20(18)23-21(24)22-19/h3-10,13,19H,11-12H2,1-2H3,(H2,22,23,24)/t19-/m0/s1. The molecule has 1 aliphatic carbocycles. The third kappa shape index (κ3) is 2.63. The maximum absolute atomic E-state index is 5.49.